The van der Waals surface area contributed by atoms with Crippen LogP contribution in [0, 0.1) is 18.8 Å². The van der Waals surface area contributed by atoms with Crippen LogP contribution in [0.15, 0.2) is 53.4 Å². The number of rotatable bonds is 7. The predicted octanol–water partition coefficient (Wildman–Crippen LogP) is 2.51. The van der Waals surface area contributed by atoms with Crippen molar-refractivity contribution >= 4 is 49.4 Å². The molecule has 6 rings (SSSR count). The molecule has 1 N–H and O–H groups in total. The van der Waals surface area contributed by atoms with Crippen molar-refractivity contribution in [1.29, 1.82) is 0 Å². The van der Waals surface area contributed by atoms with E-state index >= 15 is 0 Å². The number of hydrogen-bond acceptors (Lipinski definition) is 11. The van der Waals surface area contributed by atoms with Gasteiger partial charge in [0.25, 0.3) is 5.91 Å². The lowest BCUT2D eigenvalue weighted by atomic mass is 10.1. The Hall–Kier alpha value is -4.92. The quantitative estimate of drug-likeness (QED) is 0.354. The molecule has 3 aromatic rings. The molecule has 2 amide bonds. The van der Waals surface area contributed by atoms with E-state index in [1.807, 2.05) is 4.90 Å². The normalized spacial score (nSPS) is 17.5. The Morgan fingerprint density at radius 3 is 2.41 bits per heavy atom. The van der Waals surface area contributed by atoms with Gasteiger partial charge in [-0.05, 0) is 63.6 Å². The number of alkyl carbamates (subject to hydrolysis) is 1. The third-order valence-corrected chi connectivity index (χ3v) is 11.4. The van der Waals surface area contributed by atoms with Crippen LogP contribution in [-0.4, -0.2) is 100 Å². The molecule has 0 bridgehead atoms. The Balaban J connectivity index is 1.09. The number of ether oxygens (including phenoxy) is 2. The SMILES string of the molecule is Cc1cc(OCC#CCNC(=O)OC(C)(C)C)nc(N2CCN(S(=O)(=O)c3ccc4c(c3)CC3N4C(=O)c4ccccc4N3S(C)(=O)=O)CC2)n1. The van der Waals surface area contributed by atoms with Crippen LogP contribution < -0.4 is 24.2 Å². The number of sulfonamides is 2. The number of aryl methyl sites for hydroxylation is 1. The number of anilines is 3. The smallest absolute Gasteiger partial charge is 0.408 e. The Kier molecular flexibility index (Phi) is 9.61. The van der Waals surface area contributed by atoms with E-state index in [4.69, 9.17) is 9.47 Å². The molecule has 1 atom stereocenters. The van der Waals surface area contributed by atoms with Gasteiger partial charge in [-0.1, -0.05) is 24.0 Å². The number of nitrogens with one attached hydrogen (secondary N) is 1. The van der Waals surface area contributed by atoms with E-state index in [2.05, 4.69) is 27.1 Å². The molecule has 1 saturated heterocycles. The summed E-state index contributed by atoms with van der Waals surface area (Å²) in [5.74, 6) is 5.98. The zero-order valence-electron chi connectivity index (χ0n) is 28.9. The standard InChI is InChI=1S/C34H39N7O8S2/c1-23-20-29(48-19-9-8-14-35-33(43)49-34(2,3)4)37-32(36-23)38-15-17-39(18-16-38)51(46,47)25-12-13-27-24(21-25)22-30-40(27)31(42)26-10-6-7-11-28(26)41(30)50(5,44)45/h6-7,10-13,20-21,30H,14-19,22H2,1-5H3,(H,35,43). The summed E-state index contributed by atoms with van der Waals surface area (Å²) in [6.45, 7) is 8.26. The number of benzene rings is 2. The molecule has 3 aliphatic heterocycles. The van der Waals surface area contributed by atoms with Gasteiger partial charge in [0.15, 0.2) is 6.61 Å². The fourth-order valence-electron chi connectivity index (χ4n) is 6.21. The van der Waals surface area contributed by atoms with Gasteiger partial charge in [0.1, 0.15) is 11.8 Å². The molecule has 4 heterocycles. The van der Waals surface area contributed by atoms with Crippen LogP contribution in [0.3, 0.4) is 0 Å². The average Bonchev–Trinajstić information content (AvgIpc) is 3.43. The molecule has 2 aromatic carbocycles. The van der Waals surface area contributed by atoms with E-state index in [9.17, 15) is 26.4 Å². The molecule has 270 valence electrons. The van der Waals surface area contributed by atoms with Gasteiger partial charge < -0.3 is 19.7 Å². The molecular formula is C34H39N7O8S2. The van der Waals surface area contributed by atoms with Crippen LogP contribution in [0.1, 0.15) is 42.4 Å². The lowest BCUT2D eigenvalue weighted by molar-refractivity contribution is 0.0534. The Morgan fingerprint density at radius 1 is 0.980 bits per heavy atom. The summed E-state index contributed by atoms with van der Waals surface area (Å²) < 4.78 is 67.0. The van der Waals surface area contributed by atoms with Crippen LogP contribution in [-0.2, 0) is 31.2 Å². The van der Waals surface area contributed by atoms with Gasteiger partial charge in [-0.25, -0.2) is 30.9 Å². The van der Waals surface area contributed by atoms with Gasteiger partial charge in [-0.15, -0.1) is 0 Å². The molecule has 1 fully saturated rings. The molecule has 51 heavy (non-hydrogen) atoms. The number of amides is 2. The molecule has 0 radical (unpaired) electrons. The molecule has 1 aromatic heterocycles. The maximum Gasteiger partial charge on any atom is 0.408 e. The van der Waals surface area contributed by atoms with E-state index in [-0.39, 0.29) is 49.0 Å². The van der Waals surface area contributed by atoms with Crippen molar-refractivity contribution in [2.24, 2.45) is 0 Å². The molecule has 0 aliphatic carbocycles. The first-order valence-corrected chi connectivity index (χ1v) is 19.5. The largest absolute Gasteiger partial charge is 0.464 e. The Labute approximate surface area is 297 Å². The molecule has 0 spiro atoms. The van der Waals surface area contributed by atoms with Gasteiger partial charge in [0, 0.05) is 50.0 Å². The molecule has 0 saturated carbocycles. The van der Waals surface area contributed by atoms with E-state index in [1.165, 1.54) is 25.6 Å². The topological polar surface area (TPSA) is 172 Å². The summed E-state index contributed by atoms with van der Waals surface area (Å²) in [5, 5.41) is 2.55. The highest BCUT2D eigenvalue weighted by Gasteiger charge is 2.47. The van der Waals surface area contributed by atoms with Gasteiger partial charge in [-0.3, -0.25) is 9.69 Å². The van der Waals surface area contributed by atoms with Crippen molar-refractivity contribution < 1.29 is 35.9 Å². The highest BCUT2D eigenvalue weighted by molar-refractivity contribution is 7.92. The second kappa shape index (κ2) is 13.7. The van der Waals surface area contributed by atoms with Crippen LogP contribution in [0.4, 0.5) is 22.1 Å². The van der Waals surface area contributed by atoms with Gasteiger partial charge in [0.2, 0.25) is 31.9 Å². The first-order valence-electron chi connectivity index (χ1n) is 16.2. The average molecular weight is 738 g/mol. The second-order valence-electron chi connectivity index (χ2n) is 13.3. The molecule has 3 aliphatic rings. The Bertz CT molecular complexity index is 2150. The second-order valence-corrected chi connectivity index (χ2v) is 17.1. The molecule has 17 heteroatoms. The lowest BCUT2D eigenvalue weighted by Crippen LogP contribution is -2.55. The number of carbonyl (C=O) groups excluding carboxylic acids is 2. The lowest BCUT2D eigenvalue weighted by Gasteiger charge is -2.40. The number of hydrogen-bond donors (Lipinski definition) is 1. The van der Waals surface area contributed by atoms with Crippen LogP contribution in [0.5, 0.6) is 5.88 Å². The monoisotopic (exact) mass is 737 g/mol. The number of fused-ring (bicyclic) bond motifs is 4. The minimum absolute atomic E-state index is 0.0323. The van der Waals surface area contributed by atoms with E-state index < -0.39 is 37.9 Å². The fourth-order valence-corrected chi connectivity index (χ4v) is 8.81. The van der Waals surface area contributed by atoms with Gasteiger partial charge >= 0.3 is 6.09 Å². The minimum Gasteiger partial charge on any atom is -0.464 e. The van der Waals surface area contributed by atoms with Gasteiger partial charge in [0.05, 0.1) is 28.9 Å². The van der Waals surface area contributed by atoms with Crippen molar-refractivity contribution in [2.75, 3.05) is 59.7 Å². The van der Waals surface area contributed by atoms with Crippen LogP contribution in [0.2, 0.25) is 0 Å². The minimum atomic E-state index is -3.93. The van der Waals surface area contributed by atoms with E-state index in [1.54, 1.807) is 64.1 Å². The molecule has 15 nitrogen and oxygen atoms in total. The zero-order chi connectivity index (χ0) is 36.7. The summed E-state index contributed by atoms with van der Waals surface area (Å²) in [4.78, 5) is 37.7. The summed E-state index contributed by atoms with van der Waals surface area (Å²) in [6, 6.07) is 12.8. The zero-order valence-corrected chi connectivity index (χ0v) is 30.5. The number of aromatic nitrogens is 2. The van der Waals surface area contributed by atoms with Crippen molar-refractivity contribution in [2.45, 2.75) is 50.8 Å². The number of nitrogens with zero attached hydrogens (tertiary/aromatic N) is 6. The van der Waals surface area contributed by atoms with Crippen molar-refractivity contribution in [3.05, 3.63) is 65.4 Å². The first-order chi connectivity index (χ1) is 24.0. The first kappa shape index (κ1) is 35.9. The highest BCUT2D eigenvalue weighted by Crippen LogP contribution is 2.43. The number of para-hydroxylation sites is 1. The highest BCUT2D eigenvalue weighted by atomic mass is 32.2. The third kappa shape index (κ3) is 7.58. The van der Waals surface area contributed by atoms with Crippen molar-refractivity contribution in [3.8, 4) is 17.7 Å². The predicted molar refractivity (Wildman–Crippen MR) is 190 cm³/mol. The molecule has 1 unspecified atom stereocenters. The van der Waals surface area contributed by atoms with E-state index in [0.29, 0.717) is 47.5 Å². The maximum atomic E-state index is 13.8. The van der Waals surface area contributed by atoms with Crippen molar-refractivity contribution in [1.82, 2.24) is 19.6 Å². The van der Waals surface area contributed by atoms with Crippen LogP contribution >= 0.6 is 0 Å². The van der Waals surface area contributed by atoms with Crippen LogP contribution in [0.25, 0.3) is 0 Å². The summed E-state index contributed by atoms with van der Waals surface area (Å²) in [6.07, 6.45) is -0.159. The van der Waals surface area contributed by atoms with Crippen molar-refractivity contribution in [3.63, 3.8) is 0 Å². The third-order valence-electron chi connectivity index (χ3n) is 8.35. The maximum absolute atomic E-state index is 13.8. The fraction of sp³-hybridized carbons (Fsp3) is 0.412. The number of piperazine rings is 1. The summed E-state index contributed by atoms with van der Waals surface area (Å²) >= 11 is 0. The number of carbonyl (C=O) groups is 2. The van der Waals surface area contributed by atoms with Gasteiger partial charge in [-0.2, -0.15) is 9.29 Å². The summed E-state index contributed by atoms with van der Waals surface area (Å²) in [5.41, 5.74) is 1.68. The van der Waals surface area contributed by atoms with E-state index in [0.717, 1.165) is 6.26 Å². The Morgan fingerprint density at radius 2 is 1.71 bits per heavy atom. The summed E-state index contributed by atoms with van der Waals surface area (Å²) in [7, 11) is -7.70. The molecular weight excluding hydrogens is 699 g/mol.